The van der Waals surface area contributed by atoms with Gasteiger partial charge in [-0.2, -0.15) is 0 Å². The van der Waals surface area contributed by atoms with Crippen molar-refractivity contribution in [3.63, 3.8) is 0 Å². The number of hydrogen-bond acceptors (Lipinski definition) is 7. The molecule has 1 fully saturated rings. The van der Waals surface area contributed by atoms with Crippen LogP contribution in [0.15, 0.2) is 42.6 Å². The number of amides is 1. The number of halogens is 1. The van der Waals surface area contributed by atoms with Crippen LogP contribution in [0.2, 0.25) is 0 Å². The summed E-state index contributed by atoms with van der Waals surface area (Å²) in [5.74, 6) is -0.00689. The highest BCUT2D eigenvalue weighted by atomic mass is 19.1. The van der Waals surface area contributed by atoms with E-state index >= 15 is 0 Å². The largest absolute Gasteiger partial charge is 0.493 e. The maximum atomic E-state index is 14.7. The van der Waals surface area contributed by atoms with E-state index in [9.17, 15) is 18.8 Å². The average Bonchev–Trinajstić information content (AvgIpc) is 3.62. The second-order valence-electron chi connectivity index (χ2n) is 7.61. The molecular formula is C24H21FN2O6. The van der Waals surface area contributed by atoms with Crippen molar-refractivity contribution < 1.29 is 33.0 Å². The van der Waals surface area contributed by atoms with Gasteiger partial charge in [-0.25, -0.2) is 4.39 Å². The van der Waals surface area contributed by atoms with Gasteiger partial charge in [-0.15, -0.1) is 0 Å². The lowest BCUT2D eigenvalue weighted by Crippen LogP contribution is -2.25. The molecule has 0 aliphatic heterocycles. The zero-order chi connectivity index (χ0) is 23.4. The van der Waals surface area contributed by atoms with Crippen LogP contribution in [0.4, 0.5) is 10.1 Å². The summed E-state index contributed by atoms with van der Waals surface area (Å²) in [5, 5.41) is 3.14. The van der Waals surface area contributed by atoms with Crippen molar-refractivity contribution in [2.45, 2.75) is 19.3 Å². The first kappa shape index (κ1) is 22.2. The SMILES string of the molecule is COc1cc2c(Oc3ccc(NC(=O)C4(C=O)CC4)cc3F)ccnc2cc1OCCC=O. The lowest BCUT2D eigenvalue weighted by molar-refractivity contribution is -0.126. The van der Waals surface area contributed by atoms with Crippen molar-refractivity contribution in [3.05, 3.63) is 48.4 Å². The fraction of sp³-hybridized carbons (Fsp3) is 0.250. The van der Waals surface area contributed by atoms with Gasteiger partial charge in [-0.3, -0.25) is 9.78 Å². The molecular weight excluding hydrogens is 431 g/mol. The Bertz CT molecular complexity index is 1230. The number of anilines is 1. The molecule has 1 aliphatic rings. The van der Waals surface area contributed by atoms with Gasteiger partial charge in [-0.05, 0) is 37.1 Å². The van der Waals surface area contributed by atoms with Crippen LogP contribution in [0.3, 0.4) is 0 Å². The molecule has 3 aromatic rings. The molecule has 0 spiro atoms. The molecule has 0 bridgehead atoms. The zero-order valence-corrected chi connectivity index (χ0v) is 17.8. The molecule has 1 aromatic heterocycles. The van der Waals surface area contributed by atoms with Gasteiger partial charge in [-0.1, -0.05) is 0 Å². The highest BCUT2D eigenvalue weighted by Gasteiger charge is 2.50. The maximum Gasteiger partial charge on any atom is 0.237 e. The number of benzene rings is 2. The molecule has 1 aliphatic carbocycles. The molecule has 0 saturated heterocycles. The number of nitrogens with zero attached hydrogens (tertiary/aromatic N) is 1. The monoisotopic (exact) mass is 452 g/mol. The Balaban J connectivity index is 1.57. The van der Waals surface area contributed by atoms with Crippen molar-refractivity contribution in [2.75, 3.05) is 19.0 Å². The molecule has 1 N–H and O–H groups in total. The number of pyridine rings is 1. The molecule has 0 radical (unpaired) electrons. The first-order valence-corrected chi connectivity index (χ1v) is 10.3. The smallest absolute Gasteiger partial charge is 0.237 e. The number of hydrogen-bond donors (Lipinski definition) is 1. The van der Waals surface area contributed by atoms with Crippen LogP contribution in [0.5, 0.6) is 23.0 Å². The number of methoxy groups -OCH3 is 1. The third-order valence-corrected chi connectivity index (χ3v) is 5.36. The third kappa shape index (κ3) is 4.62. The zero-order valence-electron chi connectivity index (χ0n) is 17.8. The van der Waals surface area contributed by atoms with Crippen LogP contribution in [-0.4, -0.2) is 37.2 Å². The number of nitrogens with one attached hydrogen (secondary N) is 1. The number of carbonyl (C=O) groups excluding carboxylic acids is 3. The molecule has 4 rings (SSSR count). The summed E-state index contributed by atoms with van der Waals surface area (Å²) < 4.78 is 31.5. The van der Waals surface area contributed by atoms with Crippen molar-refractivity contribution >= 4 is 35.1 Å². The third-order valence-electron chi connectivity index (χ3n) is 5.36. The summed E-state index contributed by atoms with van der Waals surface area (Å²) in [6.45, 7) is 0.198. The predicted molar refractivity (Wildman–Crippen MR) is 117 cm³/mol. The minimum absolute atomic E-state index is 0.0534. The van der Waals surface area contributed by atoms with Gasteiger partial charge in [0.25, 0.3) is 0 Å². The van der Waals surface area contributed by atoms with Gasteiger partial charge < -0.3 is 29.1 Å². The Hall–Kier alpha value is -4.01. The van der Waals surface area contributed by atoms with Crippen molar-refractivity contribution in [1.82, 2.24) is 4.98 Å². The van der Waals surface area contributed by atoms with E-state index in [1.54, 1.807) is 18.2 Å². The normalized spacial score (nSPS) is 13.8. The van der Waals surface area contributed by atoms with E-state index < -0.39 is 17.1 Å². The minimum Gasteiger partial charge on any atom is -0.493 e. The first-order chi connectivity index (χ1) is 16.0. The summed E-state index contributed by atoms with van der Waals surface area (Å²) in [4.78, 5) is 38.1. The molecule has 1 saturated carbocycles. The summed E-state index contributed by atoms with van der Waals surface area (Å²) in [6.07, 6.45) is 4.14. The second-order valence-corrected chi connectivity index (χ2v) is 7.61. The van der Waals surface area contributed by atoms with E-state index in [1.165, 1.54) is 25.4 Å². The van der Waals surface area contributed by atoms with Gasteiger partial charge in [0.2, 0.25) is 5.91 Å². The van der Waals surface area contributed by atoms with Gasteiger partial charge in [0.1, 0.15) is 23.7 Å². The van der Waals surface area contributed by atoms with Crippen molar-refractivity contribution in [2.24, 2.45) is 5.41 Å². The van der Waals surface area contributed by atoms with Gasteiger partial charge in [0, 0.05) is 35.8 Å². The Labute approximate surface area is 188 Å². The summed E-state index contributed by atoms with van der Waals surface area (Å²) in [6, 6.07) is 8.93. The van der Waals surface area contributed by atoms with Crippen LogP contribution in [-0.2, 0) is 14.4 Å². The van der Waals surface area contributed by atoms with E-state index in [-0.39, 0.29) is 24.5 Å². The molecule has 33 heavy (non-hydrogen) atoms. The summed E-state index contributed by atoms with van der Waals surface area (Å²) in [5.41, 5.74) is -0.227. The molecule has 1 heterocycles. The number of aldehydes is 2. The van der Waals surface area contributed by atoms with Crippen LogP contribution >= 0.6 is 0 Å². The molecule has 0 unspecified atom stereocenters. The Kier molecular flexibility index (Phi) is 6.21. The summed E-state index contributed by atoms with van der Waals surface area (Å²) >= 11 is 0. The fourth-order valence-electron chi connectivity index (χ4n) is 3.28. The molecule has 8 nitrogen and oxygen atoms in total. The Morgan fingerprint density at radius 1 is 1.12 bits per heavy atom. The predicted octanol–water partition coefficient (Wildman–Crippen LogP) is 4.06. The Morgan fingerprint density at radius 2 is 1.94 bits per heavy atom. The van der Waals surface area contributed by atoms with Crippen LogP contribution < -0.4 is 19.5 Å². The number of fused-ring (bicyclic) bond motifs is 1. The average molecular weight is 452 g/mol. The van der Waals surface area contributed by atoms with Crippen LogP contribution in [0.1, 0.15) is 19.3 Å². The topological polar surface area (TPSA) is 104 Å². The van der Waals surface area contributed by atoms with Crippen molar-refractivity contribution in [3.8, 4) is 23.0 Å². The van der Waals surface area contributed by atoms with Crippen molar-refractivity contribution in [1.29, 1.82) is 0 Å². The molecule has 0 atom stereocenters. The maximum absolute atomic E-state index is 14.7. The molecule has 2 aromatic carbocycles. The standard InChI is InChI=1S/C24H21FN2O6/c1-31-21-12-16-18(13-22(21)32-10-2-9-28)26-8-5-19(16)33-20-4-3-15(11-17(20)25)27-23(30)24(14-29)6-7-24/h3-5,8-9,11-14H,2,6-7,10H2,1H3,(H,27,30). The lowest BCUT2D eigenvalue weighted by atomic mass is 10.1. The van der Waals surface area contributed by atoms with E-state index in [0.717, 1.165) is 12.4 Å². The van der Waals surface area contributed by atoms with E-state index in [1.807, 2.05) is 0 Å². The Morgan fingerprint density at radius 3 is 2.61 bits per heavy atom. The minimum atomic E-state index is -0.990. The molecule has 1 amide bonds. The summed E-state index contributed by atoms with van der Waals surface area (Å²) in [7, 11) is 1.48. The highest BCUT2D eigenvalue weighted by molar-refractivity contribution is 6.07. The number of aromatic nitrogens is 1. The molecule has 170 valence electrons. The number of carbonyl (C=O) groups is 3. The van der Waals surface area contributed by atoms with Gasteiger partial charge >= 0.3 is 0 Å². The highest BCUT2D eigenvalue weighted by Crippen LogP contribution is 2.44. The van der Waals surface area contributed by atoms with E-state index in [2.05, 4.69) is 10.3 Å². The van der Waals surface area contributed by atoms with Crippen LogP contribution in [0, 0.1) is 11.2 Å². The number of rotatable bonds is 10. The van der Waals surface area contributed by atoms with E-state index in [0.29, 0.717) is 47.3 Å². The fourth-order valence-corrected chi connectivity index (χ4v) is 3.28. The van der Waals surface area contributed by atoms with Gasteiger partial charge in [0.05, 0.1) is 19.2 Å². The lowest BCUT2D eigenvalue weighted by Gasteiger charge is -2.14. The molecule has 9 heteroatoms. The van der Waals surface area contributed by atoms with Crippen LogP contribution in [0.25, 0.3) is 10.9 Å². The first-order valence-electron chi connectivity index (χ1n) is 10.3. The quantitative estimate of drug-likeness (QED) is 0.281. The van der Waals surface area contributed by atoms with Gasteiger partial charge in [0.15, 0.2) is 23.1 Å². The second kappa shape index (κ2) is 9.23. The van der Waals surface area contributed by atoms with E-state index in [4.69, 9.17) is 14.2 Å². The number of ether oxygens (including phenoxy) is 3.